The van der Waals surface area contributed by atoms with Gasteiger partial charge < -0.3 is 5.32 Å². The van der Waals surface area contributed by atoms with Crippen molar-refractivity contribution in [3.05, 3.63) is 59.1 Å². The number of hydrogen-bond acceptors (Lipinski definition) is 3. The number of carbonyl (C=O) groups is 1. The van der Waals surface area contributed by atoms with Crippen LogP contribution in [-0.4, -0.2) is 21.7 Å². The minimum absolute atomic E-state index is 0.0963. The van der Waals surface area contributed by atoms with Crippen LogP contribution in [0.2, 0.25) is 0 Å². The quantitative estimate of drug-likeness (QED) is 0.724. The highest BCUT2D eigenvalue weighted by Crippen LogP contribution is 2.26. The summed E-state index contributed by atoms with van der Waals surface area (Å²) in [7, 11) is 0. The lowest BCUT2D eigenvalue weighted by atomic mass is 10.1. The Balaban J connectivity index is 2.02. The van der Waals surface area contributed by atoms with Gasteiger partial charge in [0.1, 0.15) is 11.4 Å². The van der Waals surface area contributed by atoms with E-state index in [0.29, 0.717) is 11.6 Å². The average molecular weight is 353 g/mol. The zero-order chi connectivity index (χ0) is 18.0. The van der Waals surface area contributed by atoms with Gasteiger partial charge in [0.15, 0.2) is 0 Å². The largest absolute Gasteiger partial charge is 0.348 e. The predicted octanol–water partition coefficient (Wildman–Crippen LogP) is 4.68. The summed E-state index contributed by atoms with van der Waals surface area (Å²) in [5.41, 5.74) is 3.43. The molecule has 0 aliphatic carbocycles. The number of rotatable bonds is 5. The highest BCUT2D eigenvalue weighted by molar-refractivity contribution is 7.13. The van der Waals surface area contributed by atoms with Crippen molar-refractivity contribution in [2.75, 3.05) is 0 Å². The third kappa shape index (κ3) is 3.82. The van der Waals surface area contributed by atoms with E-state index in [1.54, 1.807) is 16.0 Å². The highest BCUT2D eigenvalue weighted by Gasteiger charge is 2.20. The van der Waals surface area contributed by atoms with Crippen molar-refractivity contribution in [2.24, 2.45) is 5.92 Å². The number of benzene rings is 1. The summed E-state index contributed by atoms with van der Waals surface area (Å²) in [6.07, 6.45) is 0. The molecule has 0 radical (unpaired) electrons. The van der Waals surface area contributed by atoms with Crippen molar-refractivity contribution >= 4 is 17.2 Å². The number of amides is 1. The lowest BCUT2D eigenvalue weighted by molar-refractivity contribution is 0.0922. The first-order valence-corrected chi connectivity index (χ1v) is 9.35. The highest BCUT2D eigenvalue weighted by atomic mass is 32.1. The van der Waals surface area contributed by atoms with E-state index in [4.69, 9.17) is 5.10 Å². The second kappa shape index (κ2) is 7.23. The van der Waals surface area contributed by atoms with Gasteiger partial charge in [-0.25, -0.2) is 4.68 Å². The van der Waals surface area contributed by atoms with Crippen LogP contribution < -0.4 is 5.32 Å². The number of nitrogens with zero attached hydrogens (tertiary/aromatic N) is 2. The molecule has 0 unspecified atom stereocenters. The molecule has 0 saturated carbocycles. The molecule has 0 spiro atoms. The van der Waals surface area contributed by atoms with Crippen molar-refractivity contribution < 1.29 is 4.79 Å². The molecule has 0 bridgehead atoms. The Morgan fingerprint density at radius 2 is 1.88 bits per heavy atom. The first kappa shape index (κ1) is 17.4. The summed E-state index contributed by atoms with van der Waals surface area (Å²) < 4.78 is 1.73. The maximum Gasteiger partial charge on any atom is 0.270 e. The zero-order valence-electron chi connectivity index (χ0n) is 15.0. The minimum atomic E-state index is -0.0999. The number of aryl methyl sites for hydroxylation is 1. The maximum atomic E-state index is 12.8. The molecule has 2 aromatic heterocycles. The molecule has 1 N–H and O–H groups in total. The van der Waals surface area contributed by atoms with Crippen LogP contribution >= 0.6 is 11.3 Å². The van der Waals surface area contributed by atoms with E-state index in [1.165, 1.54) is 5.56 Å². The molecule has 0 aliphatic heterocycles. The second-order valence-electron chi connectivity index (χ2n) is 6.65. The fourth-order valence-corrected chi connectivity index (χ4v) is 3.10. The van der Waals surface area contributed by atoms with E-state index in [-0.39, 0.29) is 11.9 Å². The zero-order valence-corrected chi connectivity index (χ0v) is 15.8. The van der Waals surface area contributed by atoms with Crippen LogP contribution in [0.15, 0.2) is 47.8 Å². The summed E-state index contributed by atoms with van der Waals surface area (Å²) in [6.45, 7) is 8.26. The minimum Gasteiger partial charge on any atom is -0.348 e. The van der Waals surface area contributed by atoms with Crippen LogP contribution in [0.1, 0.15) is 36.8 Å². The summed E-state index contributed by atoms with van der Waals surface area (Å²) in [6, 6.07) is 14.0. The van der Waals surface area contributed by atoms with E-state index >= 15 is 0 Å². The van der Waals surface area contributed by atoms with Gasteiger partial charge in [-0.1, -0.05) is 37.6 Å². The molecular weight excluding hydrogens is 330 g/mol. The van der Waals surface area contributed by atoms with Crippen LogP contribution in [-0.2, 0) is 0 Å². The lowest BCUT2D eigenvalue weighted by Crippen LogP contribution is -2.37. The molecule has 0 aliphatic rings. The van der Waals surface area contributed by atoms with Gasteiger partial charge in [-0.2, -0.15) is 5.10 Å². The summed E-state index contributed by atoms with van der Waals surface area (Å²) in [4.78, 5) is 13.9. The standard InChI is InChI=1S/C20H23N3OS/c1-13(2)15(4)21-20(24)18-12-17(19-6-5-11-25-19)22-23(18)16-9-7-14(3)8-10-16/h5-13,15H,1-4H3,(H,21,24)/t15-/m1/s1. The van der Waals surface area contributed by atoms with Crippen LogP contribution in [0, 0.1) is 12.8 Å². The topological polar surface area (TPSA) is 46.9 Å². The normalized spacial score (nSPS) is 12.4. The van der Waals surface area contributed by atoms with Crippen molar-refractivity contribution in [3.63, 3.8) is 0 Å². The van der Waals surface area contributed by atoms with E-state index in [2.05, 4.69) is 19.2 Å². The Morgan fingerprint density at radius 3 is 2.48 bits per heavy atom. The van der Waals surface area contributed by atoms with E-state index in [9.17, 15) is 4.79 Å². The van der Waals surface area contributed by atoms with Gasteiger partial charge in [0, 0.05) is 6.04 Å². The summed E-state index contributed by atoms with van der Waals surface area (Å²) in [5, 5.41) is 9.79. The third-order valence-corrected chi connectivity index (χ3v) is 5.25. The van der Waals surface area contributed by atoms with Gasteiger partial charge in [0.2, 0.25) is 0 Å². The average Bonchev–Trinajstić information content (AvgIpc) is 3.24. The summed E-state index contributed by atoms with van der Waals surface area (Å²) >= 11 is 1.62. The van der Waals surface area contributed by atoms with Crippen LogP contribution in [0.5, 0.6) is 0 Å². The third-order valence-electron chi connectivity index (χ3n) is 4.35. The van der Waals surface area contributed by atoms with Gasteiger partial charge in [0.05, 0.1) is 10.6 Å². The van der Waals surface area contributed by atoms with Gasteiger partial charge in [-0.3, -0.25) is 4.79 Å². The molecule has 1 amide bonds. The monoisotopic (exact) mass is 353 g/mol. The molecule has 25 heavy (non-hydrogen) atoms. The number of carbonyl (C=O) groups excluding carboxylic acids is 1. The van der Waals surface area contributed by atoms with Gasteiger partial charge in [-0.05, 0) is 49.4 Å². The number of hydrogen-bond donors (Lipinski definition) is 1. The fraction of sp³-hybridized carbons (Fsp3) is 0.300. The number of nitrogens with one attached hydrogen (secondary N) is 1. The first-order chi connectivity index (χ1) is 12.0. The number of aromatic nitrogens is 2. The van der Waals surface area contributed by atoms with Gasteiger partial charge in [0.25, 0.3) is 5.91 Å². The Kier molecular flexibility index (Phi) is 5.04. The molecule has 130 valence electrons. The Morgan fingerprint density at radius 1 is 1.16 bits per heavy atom. The van der Waals surface area contributed by atoms with Crippen LogP contribution in [0.4, 0.5) is 0 Å². The second-order valence-corrected chi connectivity index (χ2v) is 7.59. The molecule has 4 nitrogen and oxygen atoms in total. The van der Waals surface area contributed by atoms with Crippen molar-refractivity contribution in [1.29, 1.82) is 0 Å². The Hall–Kier alpha value is -2.40. The molecule has 3 aromatic rings. The van der Waals surface area contributed by atoms with Gasteiger partial charge in [-0.15, -0.1) is 11.3 Å². The SMILES string of the molecule is Cc1ccc(-n2nc(-c3cccs3)cc2C(=O)N[C@H](C)C(C)C)cc1. The van der Waals surface area contributed by atoms with Crippen LogP contribution in [0.25, 0.3) is 16.3 Å². The van der Waals surface area contributed by atoms with E-state index in [0.717, 1.165) is 16.3 Å². The number of thiophene rings is 1. The molecule has 1 aromatic carbocycles. The Bertz CT molecular complexity index is 848. The molecular formula is C20H23N3OS. The molecule has 1 atom stereocenters. The molecule has 3 rings (SSSR count). The molecule has 5 heteroatoms. The fourth-order valence-electron chi connectivity index (χ4n) is 2.42. The predicted molar refractivity (Wildman–Crippen MR) is 103 cm³/mol. The molecule has 2 heterocycles. The first-order valence-electron chi connectivity index (χ1n) is 8.47. The maximum absolute atomic E-state index is 12.8. The van der Waals surface area contributed by atoms with Crippen molar-refractivity contribution in [3.8, 4) is 16.3 Å². The molecule has 0 saturated heterocycles. The van der Waals surface area contributed by atoms with Crippen molar-refractivity contribution in [2.45, 2.75) is 33.7 Å². The van der Waals surface area contributed by atoms with Crippen molar-refractivity contribution in [1.82, 2.24) is 15.1 Å². The van der Waals surface area contributed by atoms with Crippen LogP contribution in [0.3, 0.4) is 0 Å². The van der Waals surface area contributed by atoms with Gasteiger partial charge >= 0.3 is 0 Å². The lowest BCUT2D eigenvalue weighted by Gasteiger charge is -2.17. The van der Waals surface area contributed by atoms with E-state index in [1.807, 2.05) is 61.7 Å². The smallest absolute Gasteiger partial charge is 0.270 e. The Labute approximate surface area is 152 Å². The van der Waals surface area contributed by atoms with E-state index < -0.39 is 0 Å². The summed E-state index contributed by atoms with van der Waals surface area (Å²) in [5.74, 6) is 0.272. The molecule has 0 fully saturated rings.